The lowest BCUT2D eigenvalue weighted by Crippen LogP contribution is -2.45. The van der Waals surface area contributed by atoms with Crippen molar-refractivity contribution in [1.29, 1.82) is 0 Å². The van der Waals surface area contributed by atoms with Crippen molar-refractivity contribution >= 4 is 9.84 Å². The fourth-order valence-corrected chi connectivity index (χ4v) is 5.15. The predicted octanol–water partition coefficient (Wildman–Crippen LogP) is 3.06. The molecule has 0 aliphatic heterocycles. The van der Waals surface area contributed by atoms with Gasteiger partial charge in [-0.3, -0.25) is 0 Å². The van der Waals surface area contributed by atoms with Gasteiger partial charge in [0.05, 0.1) is 10.1 Å². The van der Waals surface area contributed by atoms with Gasteiger partial charge >= 0.3 is 0 Å². The van der Waals surface area contributed by atoms with Crippen LogP contribution in [-0.4, -0.2) is 19.7 Å². The number of aryl methyl sites for hydroxylation is 1. The molecule has 0 radical (unpaired) electrons. The van der Waals surface area contributed by atoms with Crippen LogP contribution in [0.2, 0.25) is 0 Å². The summed E-state index contributed by atoms with van der Waals surface area (Å²) >= 11 is 0. The molecule has 0 heterocycles. The summed E-state index contributed by atoms with van der Waals surface area (Å²) in [7, 11) is -3.30. The number of sulfone groups is 1. The first kappa shape index (κ1) is 15.5. The summed E-state index contributed by atoms with van der Waals surface area (Å²) in [5, 5.41) is -0.421. The largest absolute Gasteiger partial charge is 0.327 e. The standard InChI is InChI=1S/C16H25NO2S/c1-3-4-13-7-10-15(17)16(11-13)20(18,19)14-8-5-12(2)6-9-14/h5-6,8-9,13,15-16H,3-4,7,10-11,17H2,1-2H3. The van der Waals surface area contributed by atoms with Crippen LogP contribution in [0.1, 0.15) is 44.6 Å². The van der Waals surface area contributed by atoms with Crippen LogP contribution in [0.4, 0.5) is 0 Å². The Morgan fingerprint density at radius 3 is 2.45 bits per heavy atom. The summed E-state index contributed by atoms with van der Waals surface area (Å²) < 4.78 is 25.6. The van der Waals surface area contributed by atoms with Crippen molar-refractivity contribution in [3.05, 3.63) is 29.8 Å². The van der Waals surface area contributed by atoms with Gasteiger partial charge in [0.25, 0.3) is 0 Å². The molecule has 4 heteroatoms. The van der Waals surface area contributed by atoms with Crippen LogP contribution in [0.15, 0.2) is 29.2 Å². The van der Waals surface area contributed by atoms with E-state index in [2.05, 4.69) is 6.92 Å². The molecular weight excluding hydrogens is 270 g/mol. The summed E-state index contributed by atoms with van der Waals surface area (Å²) in [6.07, 6.45) is 4.81. The molecule has 2 N–H and O–H groups in total. The Morgan fingerprint density at radius 1 is 1.20 bits per heavy atom. The Balaban J connectivity index is 2.24. The second kappa shape index (κ2) is 6.27. The second-order valence-electron chi connectivity index (χ2n) is 6.03. The Bertz CT molecular complexity index is 536. The van der Waals surface area contributed by atoms with E-state index in [0.717, 1.165) is 31.2 Å². The lowest BCUT2D eigenvalue weighted by molar-refractivity contribution is 0.309. The predicted molar refractivity (Wildman–Crippen MR) is 82.4 cm³/mol. The molecule has 20 heavy (non-hydrogen) atoms. The second-order valence-corrected chi connectivity index (χ2v) is 8.20. The molecule has 3 nitrogen and oxygen atoms in total. The summed E-state index contributed by atoms with van der Waals surface area (Å²) in [6, 6.07) is 6.89. The van der Waals surface area contributed by atoms with Crippen LogP contribution in [0.3, 0.4) is 0 Å². The minimum atomic E-state index is -3.30. The Kier molecular flexibility index (Phi) is 4.86. The van der Waals surface area contributed by atoms with E-state index in [4.69, 9.17) is 5.73 Å². The zero-order chi connectivity index (χ0) is 14.8. The van der Waals surface area contributed by atoms with Gasteiger partial charge in [-0.1, -0.05) is 37.5 Å². The zero-order valence-corrected chi connectivity index (χ0v) is 13.2. The molecular formula is C16H25NO2S. The minimum Gasteiger partial charge on any atom is -0.327 e. The fourth-order valence-electron chi connectivity index (χ4n) is 3.17. The first-order valence-corrected chi connectivity index (χ1v) is 9.06. The Morgan fingerprint density at radius 2 is 1.85 bits per heavy atom. The van der Waals surface area contributed by atoms with E-state index >= 15 is 0 Å². The fraction of sp³-hybridized carbons (Fsp3) is 0.625. The monoisotopic (exact) mass is 295 g/mol. The van der Waals surface area contributed by atoms with E-state index in [1.54, 1.807) is 12.1 Å². The molecule has 112 valence electrons. The quantitative estimate of drug-likeness (QED) is 0.928. The van der Waals surface area contributed by atoms with Crippen LogP contribution in [0, 0.1) is 12.8 Å². The maximum Gasteiger partial charge on any atom is 0.182 e. The maximum atomic E-state index is 12.8. The smallest absolute Gasteiger partial charge is 0.182 e. The van der Waals surface area contributed by atoms with E-state index in [1.807, 2.05) is 19.1 Å². The molecule has 1 saturated carbocycles. The lowest BCUT2D eigenvalue weighted by Gasteiger charge is -2.33. The van der Waals surface area contributed by atoms with Crippen molar-refractivity contribution in [3.63, 3.8) is 0 Å². The molecule has 3 atom stereocenters. The van der Waals surface area contributed by atoms with E-state index in [-0.39, 0.29) is 6.04 Å². The van der Waals surface area contributed by atoms with Crippen LogP contribution in [0.25, 0.3) is 0 Å². The van der Waals surface area contributed by atoms with Crippen LogP contribution in [-0.2, 0) is 9.84 Å². The van der Waals surface area contributed by atoms with Crippen molar-refractivity contribution in [2.45, 2.75) is 62.1 Å². The lowest BCUT2D eigenvalue weighted by atomic mass is 9.83. The van der Waals surface area contributed by atoms with Gasteiger partial charge in [0, 0.05) is 6.04 Å². The first-order chi connectivity index (χ1) is 9.45. The van der Waals surface area contributed by atoms with Gasteiger partial charge in [0.2, 0.25) is 0 Å². The molecule has 0 spiro atoms. The van der Waals surface area contributed by atoms with Crippen molar-refractivity contribution in [3.8, 4) is 0 Å². The van der Waals surface area contributed by atoms with E-state index in [1.165, 1.54) is 0 Å². The van der Waals surface area contributed by atoms with Gasteiger partial charge < -0.3 is 5.73 Å². The molecule has 1 aliphatic carbocycles. The Hall–Kier alpha value is -0.870. The van der Waals surface area contributed by atoms with Gasteiger partial charge in [0.15, 0.2) is 9.84 Å². The third kappa shape index (κ3) is 3.23. The van der Waals surface area contributed by atoms with Crippen molar-refractivity contribution in [1.82, 2.24) is 0 Å². The van der Waals surface area contributed by atoms with E-state index in [9.17, 15) is 8.42 Å². The summed E-state index contributed by atoms with van der Waals surface area (Å²) in [5.41, 5.74) is 7.18. The molecule has 0 bridgehead atoms. The highest BCUT2D eigenvalue weighted by molar-refractivity contribution is 7.92. The highest BCUT2D eigenvalue weighted by atomic mass is 32.2. The average molecular weight is 295 g/mol. The molecule has 0 amide bonds. The highest BCUT2D eigenvalue weighted by Crippen LogP contribution is 2.33. The summed E-state index contributed by atoms with van der Waals surface area (Å²) in [5.74, 6) is 0.505. The topological polar surface area (TPSA) is 60.2 Å². The molecule has 1 aromatic rings. The summed E-state index contributed by atoms with van der Waals surface area (Å²) in [6.45, 7) is 4.11. The maximum absolute atomic E-state index is 12.8. The van der Waals surface area contributed by atoms with Crippen molar-refractivity contribution < 1.29 is 8.42 Å². The minimum absolute atomic E-state index is 0.227. The normalized spacial score (nSPS) is 27.4. The van der Waals surface area contributed by atoms with Gasteiger partial charge in [-0.05, 0) is 44.2 Å². The van der Waals surface area contributed by atoms with Crippen molar-refractivity contribution in [2.24, 2.45) is 11.7 Å². The Labute approximate surface area is 122 Å². The summed E-state index contributed by atoms with van der Waals surface area (Å²) in [4.78, 5) is 0.417. The van der Waals surface area contributed by atoms with Gasteiger partial charge in [0.1, 0.15) is 0 Å². The number of hydrogen-bond acceptors (Lipinski definition) is 3. The van der Waals surface area contributed by atoms with E-state index in [0.29, 0.717) is 17.2 Å². The molecule has 3 unspecified atom stereocenters. The molecule has 1 fully saturated rings. The molecule has 0 saturated heterocycles. The molecule has 1 aliphatic rings. The van der Waals surface area contributed by atoms with Gasteiger partial charge in [-0.15, -0.1) is 0 Å². The molecule has 1 aromatic carbocycles. The zero-order valence-electron chi connectivity index (χ0n) is 12.4. The molecule has 0 aromatic heterocycles. The average Bonchev–Trinajstić information content (AvgIpc) is 2.41. The van der Waals surface area contributed by atoms with Crippen LogP contribution >= 0.6 is 0 Å². The highest BCUT2D eigenvalue weighted by Gasteiger charge is 2.37. The number of benzene rings is 1. The van der Waals surface area contributed by atoms with Crippen molar-refractivity contribution in [2.75, 3.05) is 0 Å². The SMILES string of the molecule is CCCC1CCC(N)C(S(=O)(=O)c2ccc(C)cc2)C1. The van der Waals surface area contributed by atoms with E-state index < -0.39 is 15.1 Å². The van der Waals surface area contributed by atoms with Crippen LogP contribution in [0.5, 0.6) is 0 Å². The number of hydrogen-bond donors (Lipinski definition) is 1. The number of rotatable bonds is 4. The third-order valence-corrected chi connectivity index (χ3v) is 6.66. The first-order valence-electron chi connectivity index (χ1n) is 7.51. The van der Waals surface area contributed by atoms with Gasteiger partial charge in [-0.2, -0.15) is 0 Å². The van der Waals surface area contributed by atoms with Gasteiger partial charge in [-0.25, -0.2) is 8.42 Å². The molecule has 2 rings (SSSR count). The number of nitrogens with two attached hydrogens (primary N) is 1. The third-order valence-electron chi connectivity index (χ3n) is 4.40. The van der Waals surface area contributed by atoms with Crippen LogP contribution < -0.4 is 5.73 Å².